The van der Waals surface area contributed by atoms with Crippen molar-refractivity contribution in [2.75, 3.05) is 7.11 Å². The molecule has 0 bridgehead atoms. The minimum absolute atomic E-state index is 0.134. The van der Waals surface area contributed by atoms with Crippen LogP contribution in [0, 0.1) is 6.92 Å². The number of rotatable bonds is 5. The van der Waals surface area contributed by atoms with Crippen molar-refractivity contribution in [2.45, 2.75) is 6.92 Å². The Labute approximate surface area is 123 Å². The predicted molar refractivity (Wildman–Crippen MR) is 80.4 cm³/mol. The summed E-state index contributed by atoms with van der Waals surface area (Å²) in [5.41, 5.74) is 1.72. The number of ether oxygens (including phenoxy) is 2. The van der Waals surface area contributed by atoms with E-state index in [9.17, 15) is 9.90 Å². The minimum atomic E-state index is -1.12. The Morgan fingerprint density at radius 1 is 1.10 bits per heavy atom. The average molecular weight is 284 g/mol. The van der Waals surface area contributed by atoms with Crippen LogP contribution >= 0.6 is 0 Å². The highest BCUT2D eigenvalue weighted by atomic mass is 16.5. The highest BCUT2D eigenvalue weighted by molar-refractivity contribution is 5.90. The number of carbonyl (C=O) groups is 1. The van der Waals surface area contributed by atoms with Gasteiger partial charge in [-0.15, -0.1) is 0 Å². The number of aliphatic carboxylic acids is 1. The fourth-order valence-corrected chi connectivity index (χ4v) is 1.79. The van der Waals surface area contributed by atoms with Gasteiger partial charge in [-0.3, -0.25) is 0 Å². The molecule has 0 amide bonds. The highest BCUT2D eigenvalue weighted by Crippen LogP contribution is 2.19. The molecule has 0 saturated carbocycles. The number of carboxylic acids is 1. The zero-order valence-electron chi connectivity index (χ0n) is 11.9. The summed E-state index contributed by atoms with van der Waals surface area (Å²) >= 11 is 0. The molecule has 4 nitrogen and oxygen atoms in total. The monoisotopic (exact) mass is 284 g/mol. The van der Waals surface area contributed by atoms with Crippen LogP contribution in [0.15, 0.2) is 54.3 Å². The third-order valence-corrected chi connectivity index (χ3v) is 2.84. The first kappa shape index (κ1) is 14.7. The Kier molecular flexibility index (Phi) is 4.61. The zero-order valence-corrected chi connectivity index (χ0v) is 11.9. The van der Waals surface area contributed by atoms with Gasteiger partial charge >= 0.3 is 5.97 Å². The standard InChI is InChI=1S/C17H16O4/c1-12-4-3-5-15(10-12)21-16(17(18)19)11-13-6-8-14(20-2)9-7-13/h3-11H,1-2H3,(H,18,19)/b16-11-. The first-order valence-electron chi connectivity index (χ1n) is 6.42. The fourth-order valence-electron chi connectivity index (χ4n) is 1.79. The molecule has 0 heterocycles. The molecular weight excluding hydrogens is 268 g/mol. The van der Waals surface area contributed by atoms with Gasteiger partial charge in [0.05, 0.1) is 7.11 Å². The van der Waals surface area contributed by atoms with E-state index >= 15 is 0 Å². The van der Waals surface area contributed by atoms with E-state index in [0.29, 0.717) is 11.5 Å². The molecule has 0 aliphatic carbocycles. The normalized spacial score (nSPS) is 11.0. The van der Waals surface area contributed by atoms with Crippen LogP contribution in [0.25, 0.3) is 6.08 Å². The lowest BCUT2D eigenvalue weighted by Crippen LogP contribution is -2.07. The van der Waals surface area contributed by atoms with Gasteiger partial charge in [0.2, 0.25) is 5.76 Å². The maximum Gasteiger partial charge on any atom is 0.371 e. The van der Waals surface area contributed by atoms with Gasteiger partial charge in [0.15, 0.2) is 0 Å². The van der Waals surface area contributed by atoms with Crippen LogP contribution in [0.5, 0.6) is 11.5 Å². The topological polar surface area (TPSA) is 55.8 Å². The fraction of sp³-hybridized carbons (Fsp3) is 0.118. The highest BCUT2D eigenvalue weighted by Gasteiger charge is 2.10. The molecule has 0 radical (unpaired) electrons. The molecule has 0 aliphatic heterocycles. The number of benzene rings is 2. The number of hydrogen-bond donors (Lipinski definition) is 1. The van der Waals surface area contributed by atoms with Crippen LogP contribution in [0.1, 0.15) is 11.1 Å². The Morgan fingerprint density at radius 3 is 2.38 bits per heavy atom. The van der Waals surface area contributed by atoms with Crippen LogP contribution in [-0.4, -0.2) is 18.2 Å². The van der Waals surface area contributed by atoms with Gasteiger partial charge in [-0.2, -0.15) is 0 Å². The number of carboxylic acid groups (broad SMARTS) is 1. The van der Waals surface area contributed by atoms with Crippen LogP contribution in [0.4, 0.5) is 0 Å². The van der Waals surface area contributed by atoms with Crippen molar-refractivity contribution in [1.29, 1.82) is 0 Å². The van der Waals surface area contributed by atoms with Crippen LogP contribution in [0.3, 0.4) is 0 Å². The van der Waals surface area contributed by atoms with Crippen molar-refractivity contribution in [3.63, 3.8) is 0 Å². The average Bonchev–Trinajstić information content (AvgIpc) is 2.47. The van der Waals surface area contributed by atoms with E-state index in [4.69, 9.17) is 9.47 Å². The third kappa shape index (κ3) is 4.11. The maximum atomic E-state index is 11.3. The van der Waals surface area contributed by atoms with Crippen molar-refractivity contribution < 1.29 is 19.4 Å². The van der Waals surface area contributed by atoms with E-state index in [-0.39, 0.29) is 5.76 Å². The van der Waals surface area contributed by atoms with E-state index in [1.807, 2.05) is 19.1 Å². The van der Waals surface area contributed by atoms with Crippen LogP contribution < -0.4 is 9.47 Å². The number of aryl methyl sites for hydroxylation is 1. The SMILES string of the molecule is COc1ccc(/C=C(\Oc2cccc(C)c2)C(=O)O)cc1. The zero-order chi connectivity index (χ0) is 15.2. The van der Waals surface area contributed by atoms with Crippen molar-refractivity contribution in [1.82, 2.24) is 0 Å². The first-order valence-corrected chi connectivity index (χ1v) is 6.42. The third-order valence-electron chi connectivity index (χ3n) is 2.84. The molecule has 0 fully saturated rings. The summed E-state index contributed by atoms with van der Waals surface area (Å²) in [5.74, 6) is -0.0427. The molecule has 0 aromatic heterocycles. The summed E-state index contributed by atoms with van der Waals surface area (Å²) in [4.78, 5) is 11.3. The molecule has 0 atom stereocenters. The summed E-state index contributed by atoms with van der Waals surface area (Å²) in [6.45, 7) is 1.92. The summed E-state index contributed by atoms with van der Waals surface area (Å²) in [6, 6.07) is 14.3. The van der Waals surface area contributed by atoms with Crippen molar-refractivity contribution in [3.8, 4) is 11.5 Å². The molecule has 1 N–H and O–H groups in total. The summed E-state index contributed by atoms with van der Waals surface area (Å²) in [7, 11) is 1.58. The van der Waals surface area contributed by atoms with E-state index in [1.165, 1.54) is 6.08 Å². The number of methoxy groups -OCH3 is 1. The number of hydrogen-bond acceptors (Lipinski definition) is 3. The molecule has 2 rings (SSSR count). The summed E-state index contributed by atoms with van der Waals surface area (Å²) in [6.07, 6.45) is 1.48. The van der Waals surface area contributed by atoms with Gasteiger partial charge in [-0.05, 0) is 48.4 Å². The molecular formula is C17H16O4. The first-order chi connectivity index (χ1) is 10.1. The Morgan fingerprint density at radius 2 is 1.81 bits per heavy atom. The lowest BCUT2D eigenvalue weighted by molar-refractivity contribution is -0.134. The molecule has 0 spiro atoms. The predicted octanol–water partition coefficient (Wildman–Crippen LogP) is 3.51. The van der Waals surface area contributed by atoms with Crippen molar-refractivity contribution in [3.05, 3.63) is 65.4 Å². The smallest absolute Gasteiger partial charge is 0.371 e. The van der Waals surface area contributed by atoms with Gasteiger partial charge < -0.3 is 14.6 Å². The summed E-state index contributed by atoms with van der Waals surface area (Å²) < 4.78 is 10.5. The Balaban J connectivity index is 2.25. The van der Waals surface area contributed by atoms with E-state index < -0.39 is 5.97 Å². The van der Waals surface area contributed by atoms with Gasteiger partial charge in [-0.1, -0.05) is 24.3 Å². The molecule has 4 heteroatoms. The Bertz CT molecular complexity index is 657. The van der Waals surface area contributed by atoms with Crippen molar-refractivity contribution >= 4 is 12.0 Å². The van der Waals surface area contributed by atoms with E-state index in [1.54, 1.807) is 43.5 Å². The van der Waals surface area contributed by atoms with Gasteiger partial charge in [0.1, 0.15) is 11.5 Å². The minimum Gasteiger partial charge on any atom is -0.497 e. The van der Waals surface area contributed by atoms with E-state index in [2.05, 4.69) is 0 Å². The lowest BCUT2D eigenvalue weighted by Gasteiger charge is -2.07. The van der Waals surface area contributed by atoms with Crippen LogP contribution in [-0.2, 0) is 4.79 Å². The largest absolute Gasteiger partial charge is 0.497 e. The Hall–Kier alpha value is -2.75. The van der Waals surface area contributed by atoms with Crippen molar-refractivity contribution in [2.24, 2.45) is 0 Å². The lowest BCUT2D eigenvalue weighted by atomic mass is 10.2. The second-order valence-corrected chi connectivity index (χ2v) is 4.51. The second-order valence-electron chi connectivity index (χ2n) is 4.51. The quantitative estimate of drug-likeness (QED) is 0.674. The van der Waals surface area contributed by atoms with Crippen LogP contribution in [0.2, 0.25) is 0 Å². The molecule has 0 saturated heterocycles. The summed E-state index contributed by atoms with van der Waals surface area (Å²) in [5, 5.41) is 9.25. The second kappa shape index (κ2) is 6.61. The molecule has 108 valence electrons. The molecule has 0 aliphatic rings. The van der Waals surface area contributed by atoms with Gasteiger partial charge in [0, 0.05) is 0 Å². The molecule has 21 heavy (non-hydrogen) atoms. The molecule has 2 aromatic rings. The van der Waals surface area contributed by atoms with Gasteiger partial charge in [-0.25, -0.2) is 4.79 Å². The maximum absolute atomic E-state index is 11.3. The molecule has 0 unspecified atom stereocenters. The van der Waals surface area contributed by atoms with E-state index in [0.717, 1.165) is 11.1 Å². The molecule has 2 aromatic carbocycles. The van der Waals surface area contributed by atoms with Gasteiger partial charge in [0.25, 0.3) is 0 Å².